The summed E-state index contributed by atoms with van der Waals surface area (Å²) in [6.45, 7) is 8.81. The molecule has 2 aromatic carbocycles. The maximum absolute atomic E-state index is 6.20. The Labute approximate surface area is 195 Å². The summed E-state index contributed by atoms with van der Waals surface area (Å²) in [5, 5.41) is 6.53. The molecule has 0 saturated carbocycles. The van der Waals surface area contributed by atoms with Gasteiger partial charge >= 0.3 is 0 Å². The Morgan fingerprint density at radius 3 is 2.57 bits per heavy atom. The van der Waals surface area contributed by atoms with Crippen LogP contribution in [0.2, 0.25) is 5.02 Å². The van der Waals surface area contributed by atoms with E-state index in [0.29, 0.717) is 5.02 Å². The monoisotopic (exact) mass is 467 g/mol. The van der Waals surface area contributed by atoms with Gasteiger partial charge in [0.1, 0.15) is 5.75 Å². The van der Waals surface area contributed by atoms with Crippen LogP contribution >= 0.6 is 35.8 Å². The fourth-order valence-corrected chi connectivity index (χ4v) is 4.54. The van der Waals surface area contributed by atoms with Crippen molar-refractivity contribution in [1.29, 1.82) is 0 Å². The molecule has 164 valence electrons. The van der Waals surface area contributed by atoms with Crippen LogP contribution < -0.4 is 10.1 Å². The number of halogens is 2. The van der Waals surface area contributed by atoms with Crippen LogP contribution in [-0.2, 0) is 0 Å². The number of pyridine rings is 1. The highest BCUT2D eigenvalue weighted by atomic mass is 35.5. The number of hydrogen-bond donors (Lipinski definition) is 1. The summed E-state index contributed by atoms with van der Waals surface area (Å²) in [6.07, 6.45) is 1.12. The standard InChI is InChI=1S/C23H30ClN3OS.ClH/c1-4-27(5-2)12-14-29-13-6-11-25-23-19-9-7-17(24)15-22(19)26-21-10-8-18(28-3)16-20(21)23;/h7-10,15-16H,4-6,11-14H2,1-3H3,(H,25,26);1H. The second kappa shape index (κ2) is 12.5. The fraction of sp³-hybridized carbons (Fsp3) is 0.435. The maximum atomic E-state index is 6.20. The Morgan fingerprint density at radius 2 is 1.83 bits per heavy atom. The molecule has 0 bridgehead atoms. The number of aromatic nitrogens is 1. The lowest BCUT2D eigenvalue weighted by atomic mass is 10.1. The molecule has 0 aliphatic rings. The van der Waals surface area contributed by atoms with Crippen molar-refractivity contribution in [3.8, 4) is 5.75 Å². The number of fused-ring (bicyclic) bond motifs is 2. The number of ether oxygens (including phenoxy) is 1. The van der Waals surface area contributed by atoms with Crippen molar-refractivity contribution in [2.75, 3.05) is 50.1 Å². The highest BCUT2D eigenvalue weighted by Gasteiger charge is 2.10. The van der Waals surface area contributed by atoms with Gasteiger partial charge in [0.25, 0.3) is 0 Å². The quantitative estimate of drug-likeness (QED) is 0.262. The van der Waals surface area contributed by atoms with Crippen LogP contribution in [-0.4, -0.2) is 54.7 Å². The second-order valence-electron chi connectivity index (χ2n) is 6.95. The third kappa shape index (κ3) is 6.30. The third-order valence-corrected chi connectivity index (χ3v) is 6.44. The number of hydrogen-bond acceptors (Lipinski definition) is 5. The first-order valence-electron chi connectivity index (χ1n) is 10.3. The predicted molar refractivity (Wildman–Crippen MR) is 136 cm³/mol. The summed E-state index contributed by atoms with van der Waals surface area (Å²) in [6, 6.07) is 11.9. The summed E-state index contributed by atoms with van der Waals surface area (Å²) in [4.78, 5) is 7.26. The first-order chi connectivity index (χ1) is 14.2. The van der Waals surface area contributed by atoms with Gasteiger partial charge in [0, 0.05) is 34.6 Å². The van der Waals surface area contributed by atoms with Gasteiger partial charge in [-0.1, -0.05) is 25.4 Å². The maximum Gasteiger partial charge on any atom is 0.119 e. The zero-order valence-electron chi connectivity index (χ0n) is 17.9. The second-order valence-corrected chi connectivity index (χ2v) is 8.61. The first-order valence-corrected chi connectivity index (χ1v) is 11.8. The molecule has 3 aromatic rings. The van der Waals surface area contributed by atoms with Gasteiger partial charge in [0.15, 0.2) is 0 Å². The molecular weight excluding hydrogens is 437 g/mol. The van der Waals surface area contributed by atoms with Gasteiger partial charge < -0.3 is 15.0 Å². The van der Waals surface area contributed by atoms with E-state index in [2.05, 4.69) is 30.1 Å². The summed E-state index contributed by atoms with van der Waals surface area (Å²) in [5.41, 5.74) is 2.96. The molecule has 0 atom stereocenters. The molecule has 30 heavy (non-hydrogen) atoms. The van der Waals surface area contributed by atoms with Crippen molar-refractivity contribution in [1.82, 2.24) is 9.88 Å². The average Bonchev–Trinajstić information content (AvgIpc) is 2.74. The molecule has 1 N–H and O–H groups in total. The molecule has 0 aliphatic carbocycles. The molecule has 0 fully saturated rings. The SMILES string of the molecule is CCN(CC)CCSCCCNc1c2ccc(Cl)cc2nc2ccc(OC)cc12.Cl. The van der Waals surface area contributed by atoms with Gasteiger partial charge in [0.05, 0.1) is 23.8 Å². The smallest absolute Gasteiger partial charge is 0.119 e. The zero-order chi connectivity index (χ0) is 20.6. The van der Waals surface area contributed by atoms with Crippen molar-refractivity contribution < 1.29 is 4.74 Å². The van der Waals surface area contributed by atoms with E-state index in [0.717, 1.165) is 65.1 Å². The van der Waals surface area contributed by atoms with Crippen molar-refractivity contribution >= 4 is 63.3 Å². The first kappa shape index (κ1) is 24.9. The van der Waals surface area contributed by atoms with Crippen molar-refractivity contribution in [3.05, 3.63) is 41.4 Å². The van der Waals surface area contributed by atoms with E-state index in [-0.39, 0.29) is 12.4 Å². The number of rotatable bonds is 11. The van der Waals surface area contributed by atoms with Crippen LogP contribution in [0.3, 0.4) is 0 Å². The Kier molecular flexibility index (Phi) is 10.3. The normalized spacial score (nSPS) is 11.1. The van der Waals surface area contributed by atoms with Gasteiger partial charge in [-0.2, -0.15) is 11.8 Å². The number of benzene rings is 2. The molecule has 7 heteroatoms. The minimum atomic E-state index is 0. The van der Waals surface area contributed by atoms with Gasteiger partial charge in [-0.25, -0.2) is 4.98 Å². The number of thioether (sulfide) groups is 1. The highest BCUT2D eigenvalue weighted by molar-refractivity contribution is 7.99. The Bertz CT molecular complexity index is 951. The van der Waals surface area contributed by atoms with E-state index in [1.165, 1.54) is 12.3 Å². The molecule has 3 rings (SSSR count). The van der Waals surface area contributed by atoms with Crippen LogP contribution in [0.5, 0.6) is 5.75 Å². The molecule has 0 unspecified atom stereocenters. The Morgan fingerprint density at radius 1 is 1.03 bits per heavy atom. The summed E-state index contributed by atoms with van der Waals surface area (Å²) in [5.74, 6) is 3.19. The van der Waals surface area contributed by atoms with Crippen LogP contribution in [0.15, 0.2) is 36.4 Å². The van der Waals surface area contributed by atoms with E-state index in [4.69, 9.17) is 21.3 Å². The van der Waals surface area contributed by atoms with Crippen molar-refractivity contribution in [2.24, 2.45) is 0 Å². The molecular formula is C23H31Cl2N3OS. The molecule has 1 heterocycles. The van der Waals surface area contributed by atoms with Gasteiger partial charge in [0.2, 0.25) is 0 Å². The molecule has 0 saturated heterocycles. The van der Waals surface area contributed by atoms with E-state index in [9.17, 15) is 0 Å². The van der Waals surface area contributed by atoms with E-state index < -0.39 is 0 Å². The van der Waals surface area contributed by atoms with Crippen molar-refractivity contribution in [2.45, 2.75) is 20.3 Å². The number of anilines is 1. The Balaban J connectivity index is 0.00000320. The number of nitrogens with one attached hydrogen (secondary N) is 1. The fourth-order valence-electron chi connectivity index (χ4n) is 3.44. The molecule has 0 radical (unpaired) electrons. The average molecular weight is 468 g/mol. The van der Waals surface area contributed by atoms with Crippen molar-refractivity contribution in [3.63, 3.8) is 0 Å². The van der Waals surface area contributed by atoms with E-state index >= 15 is 0 Å². The van der Waals surface area contributed by atoms with Gasteiger partial charge in [-0.3, -0.25) is 0 Å². The molecule has 0 aliphatic heterocycles. The van der Waals surface area contributed by atoms with Crippen LogP contribution in [0.25, 0.3) is 21.8 Å². The van der Waals surface area contributed by atoms with Gasteiger partial charge in [-0.05, 0) is 61.7 Å². The van der Waals surface area contributed by atoms with Crippen LogP contribution in [0.4, 0.5) is 5.69 Å². The van der Waals surface area contributed by atoms with E-state index in [1.54, 1.807) is 7.11 Å². The third-order valence-electron chi connectivity index (χ3n) is 5.16. The van der Waals surface area contributed by atoms with E-state index in [1.807, 2.05) is 42.1 Å². The summed E-state index contributed by atoms with van der Waals surface area (Å²) < 4.78 is 5.43. The number of nitrogens with zero attached hydrogens (tertiary/aromatic N) is 2. The minimum Gasteiger partial charge on any atom is -0.497 e. The molecule has 1 aromatic heterocycles. The lowest BCUT2D eigenvalue weighted by Gasteiger charge is -2.17. The predicted octanol–water partition coefficient (Wildman–Crippen LogP) is 6.35. The zero-order valence-corrected chi connectivity index (χ0v) is 20.3. The minimum absolute atomic E-state index is 0. The summed E-state index contributed by atoms with van der Waals surface area (Å²) >= 11 is 8.23. The number of methoxy groups -OCH3 is 1. The summed E-state index contributed by atoms with van der Waals surface area (Å²) in [7, 11) is 1.69. The van der Waals surface area contributed by atoms with Gasteiger partial charge in [-0.15, -0.1) is 12.4 Å². The van der Waals surface area contributed by atoms with Crippen LogP contribution in [0.1, 0.15) is 20.3 Å². The molecule has 4 nitrogen and oxygen atoms in total. The lowest BCUT2D eigenvalue weighted by molar-refractivity contribution is 0.324. The molecule has 0 spiro atoms. The lowest BCUT2D eigenvalue weighted by Crippen LogP contribution is -2.25. The molecule has 0 amide bonds. The topological polar surface area (TPSA) is 37.4 Å². The van der Waals surface area contributed by atoms with Crippen LogP contribution in [0, 0.1) is 0 Å². The Hall–Kier alpha value is -1.40. The highest BCUT2D eigenvalue weighted by Crippen LogP contribution is 2.34. The largest absolute Gasteiger partial charge is 0.497 e.